The van der Waals surface area contributed by atoms with Gasteiger partial charge in [0.15, 0.2) is 0 Å². The van der Waals surface area contributed by atoms with Gasteiger partial charge < -0.3 is 24.3 Å². The topological polar surface area (TPSA) is 105 Å². The third-order valence-corrected chi connectivity index (χ3v) is 5.69. The molecular formula is C24H22ClN5O3. The predicted octanol–water partition coefficient (Wildman–Crippen LogP) is 4.26. The summed E-state index contributed by atoms with van der Waals surface area (Å²) in [6.07, 6.45) is 3.63. The molecule has 168 valence electrons. The van der Waals surface area contributed by atoms with Crippen molar-refractivity contribution in [3.05, 3.63) is 81.1 Å². The van der Waals surface area contributed by atoms with Crippen LogP contribution in [0.25, 0.3) is 10.9 Å². The number of rotatable bonds is 8. The lowest BCUT2D eigenvalue weighted by atomic mass is 10.1. The van der Waals surface area contributed by atoms with Gasteiger partial charge in [0.2, 0.25) is 0 Å². The van der Waals surface area contributed by atoms with Crippen molar-refractivity contribution < 1.29 is 9.47 Å². The first kappa shape index (κ1) is 22.2. The van der Waals surface area contributed by atoms with E-state index in [1.165, 1.54) is 7.11 Å². The molecule has 2 aromatic carbocycles. The highest BCUT2D eigenvalue weighted by Gasteiger charge is 2.11. The molecule has 4 aromatic rings. The summed E-state index contributed by atoms with van der Waals surface area (Å²) >= 11 is 6.52. The van der Waals surface area contributed by atoms with Gasteiger partial charge in [0.05, 0.1) is 24.7 Å². The third kappa shape index (κ3) is 4.78. The van der Waals surface area contributed by atoms with Crippen LogP contribution >= 0.6 is 11.6 Å². The number of aryl methyl sites for hydroxylation is 1. The number of imidazole rings is 1. The van der Waals surface area contributed by atoms with Gasteiger partial charge in [-0.1, -0.05) is 11.6 Å². The fraction of sp³-hybridized carbons (Fsp3) is 0.208. The van der Waals surface area contributed by atoms with Gasteiger partial charge in [-0.05, 0) is 37.3 Å². The normalized spacial score (nSPS) is 10.7. The van der Waals surface area contributed by atoms with Crippen molar-refractivity contribution in [2.45, 2.75) is 20.0 Å². The standard InChI is InChI=1S/C24H22ClN5O3/c1-15-27-7-8-30(15)9-10-33-20-6-4-16-11-18(24(31)29-23(16)22(20)25)14-28-19-5-3-17(13-26)21(12-19)32-2/h3-8,11-12,28H,9-10,14H2,1-2H3,(H,29,31). The molecule has 2 heterocycles. The maximum atomic E-state index is 12.7. The number of methoxy groups -OCH3 is 1. The lowest BCUT2D eigenvalue weighted by molar-refractivity contribution is 0.297. The van der Waals surface area contributed by atoms with Gasteiger partial charge in [-0.3, -0.25) is 4.79 Å². The average molecular weight is 464 g/mol. The van der Waals surface area contributed by atoms with E-state index in [0.717, 1.165) is 16.9 Å². The molecular weight excluding hydrogens is 442 g/mol. The summed E-state index contributed by atoms with van der Waals surface area (Å²) in [4.78, 5) is 19.7. The first-order valence-corrected chi connectivity index (χ1v) is 10.6. The number of anilines is 1. The molecule has 9 heteroatoms. The van der Waals surface area contributed by atoms with Gasteiger partial charge in [0.1, 0.15) is 35.0 Å². The summed E-state index contributed by atoms with van der Waals surface area (Å²) in [5, 5.41) is 13.5. The van der Waals surface area contributed by atoms with Crippen molar-refractivity contribution in [2.24, 2.45) is 0 Å². The molecule has 0 saturated heterocycles. The summed E-state index contributed by atoms with van der Waals surface area (Å²) in [6, 6.07) is 12.7. The van der Waals surface area contributed by atoms with Crippen molar-refractivity contribution in [3.8, 4) is 17.6 Å². The van der Waals surface area contributed by atoms with E-state index in [4.69, 9.17) is 26.3 Å². The summed E-state index contributed by atoms with van der Waals surface area (Å²) in [6.45, 7) is 3.28. The minimum absolute atomic E-state index is 0.247. The zero-order chi connectivity index (χ0) is 23.4. The molecule has 0 atom stereocenters. The van der Waals surface area contributed by atoms with Crippen molar-refractivity contribution in [1.29, 1.82) is 5.26 Å². The molecule has 0 bridgehead atoms. The quantitative estimate of drug-likeness (QED) is 0.404. The number of nitrogens with one attached hydrogen (secondary N) is 2. The van der Waals surface area contributed by atoms with Crippen molar-refractivity contribution >= 4 is 28.2 Å². The number of nitriles is 1. The van der Waals surface area contributed by atoms with Crippen LogP contribution in [0.2, 0.25) is 5.02 Å². The molecule has 0 amide bonds. The molecule has 2 N–H and O–H groups in total. The second-order valence-corrected chi connectivity index (χ2v) is 7.74. The van der Waals surface area contributed by atoms with Crippen LogP contribution < -0.4 is 20.3 Å². The number of aromatic amines is 1. The van der Waals surface area contributed by atoms with Gasteiger partial charge in [0.25, 0.3) is 5.56 Å². The molecule has 0 spiro atoms. The number of ether oxygens (including phenoxy) is 2. The largest absolute Gasteiger partial charge is 0.495 e. The molecule has 8 nitrogen and oxygen atoms in total. The molecule has 0 aliphatic heterocycles. The molecule has 4 rings (SSSR count). The summed E-state index contributed by atoms with van der Waals surface area (Å²) in [5.41, 5.74) is 2.01. The molecule has 33 heavy (non-hydrogen) atoms. The fourth-order valence-corrected chi connectivity index (χ4v) is 3.77. The van der Waals surface area contributed by atoms with Gasteiger partial charge in [0, 0.05) is 41.6 Å². The Bertz CT molecular complexity index is 1400. The molecule has 0 saturated carbocycles. The zero-order valence-corrected chi connectivity index (χ0v) is 18.9. The van der Waals surface area contributed by atoms with Crippen LogP contribution in [-0.2, 0) is 13.1 Å². The smallest absolute Gasteiger partial charge is 0.253 e. The Kier molecular flexibility index (Phi) is 6.52. The molecule has 0 unspecified atom stereocenters. The van der Waals surface area contributed by atoms with Crippen LogP contribution in [0, 0.1) is 18.3 Å². The minimum Gasteiger partial charge on any atom is -0.495 e. The second kappa shape index (κ2) is 9.67. The molecule has 0 aliphatic carbocycles. The van der Waals surface area contributed by atoms with Crippen molar-refractivity contribution in [1.82, 2.24) is 14.5 Å². The monoisotopic (exact) mass is 463 g/mol. The number of H-pyrrole nitrogens is 1. The van der Waals surface area contributed by atoms with E-state index in [1.807, 2.05) is 23.8 Å². The van der Waals surface area contributed by atoms with E-state index in [9.17, 15) is 4.79 Å². The zero-order valence-electron chi connectivity index (χ0n) is 18.2. The lowest BCUT2D eigenvalue weighted by Crippen LogP contribution is -2.16. The van der Waals surface area contributed by atoms with E-state index >= 15 is 0 Å². The number of hydrogen-bond donors (Lipinski definition) is 2. The van der Waals surface area contributed by atoms with Gasteiger partial charge in [-0.2, -0.15) is 5.26 Å². The Morgan fingerprint density at radius 2 is 2.09 bits per heavy atom. The highest BCUT2D eigenvalue weighted by molar-refractivity contribution is 6.36. The molecule has 0 fully saturated rings. The Morgan fingerprint density at radius 3 is 2.82 bits per heavy atom. The first-order valence-electron chi connectivity index (χ1n) is 10.3. The van der Waals surface area contributed by atoms with Gasteiger partial charge in [-0.15, -0.1) is 0 Å². The van der Waals surface area contributed by atoms with Crippen LogP contribution in [0.3, 0.4) is 0 Å². The van der Waals surface area contributed by atoms with Crippen LogP contribution in [0.4, 0.5) is 5.69 Å². The Labute approximate surface area is 195 Å². The van der Waals surface area contributed by atoms with Gasteiger partial charge >= 0.3 is 0 Å². The minimum atomic E-state index is -0.247. The second-order valence-electron chi connectivity index (χ2n) is 7.36. The maximum Gasteiger partial charge on any atom is 0.253 e. The van der Waals surface area contributed by atoms with E-state index in [2.05, 4.69) is 21.4 Å². The number of aromatic nitrogens is 3. The van der Waals surface area contributed by atoms with Crippen LogP contribution in [0.1, 0.15) is 17.0 Å². The van der Waals surface area contributed by atoms with E-state index in [-0.39, 0.29) is 5.56 Å². The highest BCUT2D eigenvalue weighted by Crippen LogP contribution is 2.31. The average Bonchev–Trinajstić information content (AvgIpc) is 3.24. The Hall–Kier alpha value is -3.96. The molecule has 2 aromatic heterocycles. The molecule has 0 radical (unpaired) electrons. The van der Waals surface area contributed by atoms with Gasteiger partial charge in [-0.25, -0.2) is 4.98 Å². The summed E-state index contributed by atoms with van der Waals surface area (Å²) < 4.78 is 13.1. The van der Waals surface area contributed by atoms with E-state index in [1.54, 1.807) is 36.5 Å². The van der Waals surface area contributed by atoms with Crippen LogP contribution in [-0.4, -0.2) is 28.3 Å². The number of halogens is 1. The highest BCUT2D eigenvalue weighted by atomic mass is 35.5. The predicted molar refractivity (Wildman–Crippen MR) is 127 cm³/mol. The Morgan fingerprint density at radius 1 is 1.24 bits per heavy atom. The van der Waals surface area contributed by atoms with E-state index in [0.29, 0.717) is 52.9 Å². The van der Waals surface area contributed by atoms with Crippen molar-refractivity contribution in [2.75, 3.05) is 19.0 Å². The molecule has 0 aliphatic rings. The van der Waals surface area contributed by atoms with Crippen molar-refractivity contribution in [3.63, 3.8) is 0 Å². The number of benzene rings is 2. The number of nitrogens with zero attached hydrogens (tertiary/aromatic N) is 3. The SMILES string of the molecule is COc1cc(NCc2cc3ccc(OCCn4ccnc4C)c(Cl)c3[nH]c2=O)ccc1C#N. The third-order valence-electron chi connectivity index (χ3n) is 5.32. The summed E-state index contributed by atoms with van der Waals surface area (Å²) in [7, 11) is 1.51. The van der Waals surface area contributed by atoms with Crippen LogP contribution in [0.15, 0.2) is 53.6 Å². The first-order chi connectivity index (χ1) is 16.0. The number of hydrogen-bond acceptors (Lipinski definition) is 6. The number of pyridine rings is 1. The fourth-order valence-electron chi connectivity index (χ4n) is 3.49. The number of fused-ring (bicyclic) bond motifs is 1. The van der Waals surface area contributed by atoms with E-state index < -0.39 is 0 Å². The Balaban J connectivity index is 1.49. The lowest BCUT2D eigenvalue weighted by Gasteiger charge is -2.12. The summed E-state index contributed by atoms with van der Waals surface area (Å²) in [5.74, 6) is 1.89. The maximum absolute atomic E-state index is 12.7. The van der Waals surface area contributed by atoms with Crippen LogP contribution in [0.5, 0.6) is 11.5 Å².